The Morgan fingerprint density at radius 2 is 1.72 bits per heavy atom. The van der Waals surface area contributed by atoms with E-state index in [1.807, 2.05) is 0 Å². The number of aliphatic hydroxyl groups is 2. The van der Waals surface area contributed by atoms with E-state index in [-0.39, 0.29) is 23.0 Å². The van der Waals surface area contributed by atoms with Gasteiger partial charge in [0.15, 0.2) is 0 Å². The van der Waals surface area contributed by atoms with Crippen LogP contribution >= 0.6 is 0 Å². The van der Waals surface area contributed by atoms with Gasteiger partial charge in [-0.15, -0.1) is 0 Å². The highest BCUT2D eigenvalue weighted by molar-refractivity contribution is 5.35. The van der Waals surface area contributed by atoms with Gasteiger partial charge in [-0.25, -0.2) is 0 Å². The first kappa shape index (κ1) is 21.9. The van der Waals surface area contributed by atoms with Crippen LogP contribution in [-0.2, 0) is 0 Å². The van der Waals surface area contributed by atoms with Gasteiger partial charge in [0.05, 0.1) is 12.2 Å². The van der Waals surface area contributed by atoms with Crippen LogP contribution in [0.4, 0.5) is 0 Å². The van der Waals surface area contributed by atoms with Crippen molar-refractivity contribution in [2.24, 2.45) is 40.4 Å². The van der Waals surface area contributed by atoms with Crippen molar-refractivity contribution >= 4 is 0 Å². The van der Waals surface area contributed by atoms with Gasteiger partial charge in [0.25, 0.3) is 0 Å². The highest BCUT2D eigenvalue weighted by atomic mass is 16.3. The minimum atomic E-state index is -0.142. The van der Waals surface area contributed by atoms with Crippen LogP contribution in [-0.4, -0.2) is 22.4 Å². The number of hydrogen-bond acceptors (Lipinski definition) is 2. The van der Waals surface area contributed by atoms with E-state index in [2.05, 4.69) is 34.6 Å². The summed E-state index contributed by atoms with van der Waals surface area (Å²) in [7, 11) is 0. The maximum absolute atomic E-state index is 11.3. The smallest absolute Gasteiger partial charge is 0.0613 e. The first-order valence-electron chi connectivity index (χ1n) is 12.8. The lowest BCUT2D eigenvalue weighted by Gasteiger charge is -2.55. The van der Waals surface area contributed by atoms with Crippen molar-refractivity contribution in [2.75, 3.05) is 0 Å². The van der Waals surface area contributed by atoms with Gasteiger partial charge in [-0.1, -0.05) is 65.0 Å². The Balaban J connectivity index is 1.57. The van der Waals surface area contributed by atoms with Gasteiger partial charge in [0.1, 0.15) is 0 Å². The SMILES string of the molecule is CC(C)CCC[C@@H](C)[C@H]1C[C@H](O)[C@@H]2C3=C(CC[C@]12C)[C@@]1(C)CC[C@H](O)C[C@@H]1CC3. The van der Waals surface area contributed by atoms with Gasteiger partial charge in [0, 0.05) is 5.92 Å². The number of hydrogen-bond donors (Lipinski definition) is 2. The predicted molar refractivity (Wildman–Crippen MR) is 121 cm³/mol. The van der Waals surface area contributed by atoms with Gasteiger partial charge in [-0.3, -0.25) is 0 Å². The second kappa shape index (κ2) is 7.97. The molecule has 0 heterocycles. The largest absolute Gasteiger partial charge is 0.393 e. The summed E-state index contributed by atoms with van der Waals surface area (Å²) in [4.78, 5) is 0. The van der Waals surface area contributed by atoms with E-state index in [0.717, 1.165) is 37.5 Å². The summed E-state index contributed by atoms with van der Waals surface area (Å²) < 4.78 is 0. The van der Waals surface area contributed by atoms with Crippen LogP contribution < -0.4 is 0 Å². The van der Waals surface area contributed by atoms with E-state index in [1.54, 1.807) is 11.1 Å². The Labute approximate surface area is 179 Å². The fourth-order valence-corrected chi connectivity index (χ4v) is 8.48. The van der Waals surface area contributed by atoms with E-state index < -0.39 is 0 Å². The van der Waals surface area contributed by atoms with Crippen molar-refractivity contribution in [1.82, 2.24) is 0 Å². The second-order valence-corrected chi connectivity index (χ2v) is 12.3. The van der Waals surface area contributed by atoms with Crippen molar-refractivity contribution in [3.05, 3.63) is 11.1 Å². The summed E-state index contributed by atoms with van der Waals surface area (Å²) in [6.45, 7) is 12.2. The molecule has 29 heavy (non-hydrogen) atoms. The predicted octanol–water partition coefficient (Wildman–Crippen LogP) is 6.50. The molecule has 2 nitrogen and oxygen atoms in total. The van der Waals surface area contributed by atoms with Crippen LogP contribution in [0, 0.1) is 40.4 Å². The Kier molecular flexibility index (Phi) is 6.01. The minimum Gasteiger partial charge on any atom is -0.393 e. The average Bonchev–Trinajstić information content (AvgIpc) is 2.93. The summed E-state index contributed by atoms with van der Waals surface area (Å²) >= 11 is 0. The molecule has 0 bridgehead atoms. The Hall–Kier alpha value is -0.340. The molecule has 4 rings (SSSR count). The molecule has 0 aliphatic heterocycles. The molecule has 0 unspecified atom stereocenters. The maximum atomic E-state index is 11.3. The topological polar surface area (TPSA) is 40.5 Å². The lowest BCUT2D eigenvalue weighted by atomic mass is 9.50. The zero-order valence-corrected chi connectivity index (χ0v) is 19.7. The van der Waals surface area contributed by atoms with E-state index >= 15 is 0 Å². The van der Waals surface area contributed by atoms with Gasteiger partial charge >= 0.3 is 0 Å². The molecule has 0 aromatic rings. The Morgan fingerprint density at radius 1 is 0.966 bits per heavy atom. The van der Waals surface area contributed by atoms with Gasteiger partial charge in [0.2, 0.25) is 0 Å². The average molecular weight is 403 g/mol. The molecule has 0 amide bonds. The monoisotopic (exact) mass is 402 g/mol. The normalized spacial score (nSPS) is 45.7. The van der Waals surface area contributed by atoms with E-state index in [1.165, 1.54) is 44.9 Å². The number of aliphatic hydroxyl groups excluding tert-OH is 2. The molecule has 0 aromatic carbocycles. The Bertz CT molecular complexity index is 636. The maximum Gasteiger partial charge on any atom is 0.0613 e. The standard InChI is InChI=1S/C27H46O2/c1-17(2)7-6-8-18(3)23-16-24(29)25-21-10-9-19-15-20(28)11-13-26(19,4)22(21)12-14-27(23,25)5/h17-20,23-25,28-29H,6-16H2,1-5H3/t18-,19+,20+,23-,24+,25+,26+,27-/m1/s1. The first-order valence-corrected chi connectivity index (χ1v) is 12.8. The van der Waals surface area contributed by atoms with Crippen molar-refractivity contribution in [3.8, 4) is 0 Å². The van der Waals surface area contributed by atoms with Crippen LogP contribution in [0.25, 0.3) is 0 Å². The van der Waals surface area contributed by atoms with Crippen molar-refractivity contribution in [1.29, 1.82) is 0 Å². The molecule has 0 spiro atoms. The van der Waals surface area contributed by atoms with Gasteiger partial charge in [-0.05, 0) is 85.9 Å². The fourth-order valence-electron chi connectivity index (χ4n) is 8.48. The molecule has 2 fully saturated rings. The highest BCUT2D eigenvalue weighted by Gasteiger charge is 2.58. The van der Waals surface area contributed by atoms with Crippen LogP contribution in [0.2, 0.25) is 0 Å². The lowest BCUT2D eigenvalue weighted by molar-refractivity contribution is 0.00658. The minimum absolute atomic E-state index is 0.0859. The summed E-state index contributed by atoms with van der Waals surface area (Å²) in [5.41, 5.74) is 3.95. The Morgan fingerprint density at radius 3 is 2.45 bits per heavy atom. The molecular formula is C27H46O2. The summed E-state index contributed by atoms with van der Waals surface area (Å²) in [6, 6.07) is 0. The molecule has 4 aliphatic carbocycles. The quantitative estimate of drug-likeness (QED) is 0.515. The zero-order valence-electron chi connectivity index (χ0n) is 19.7. The molecule has 0 saturated heterocycles. The van der Waals surface area contributed by atoms with Gasteiger partial charge < -0.3 is 10.2 Å². The zero-order chi connectivity index (χ0) is 21.0. The molecule has 166 valence electrons. The van der Waals surface area contributed by atoms with Crippen molar-refractivity contribution in [3.63, 3.8) is 0 Å². The van der Waals surface area contributed by atoms with Crippen LogP contribution in [0.3, 0.4) is 0 Å². The third kappa shape index (κ3) is 3.65. The van der Waals surface area contributed by atoms with Gasteiger partial charge in [-0.2, -0.15) is 0 Å². The summed E-state index contributed by atoms with van der Waals surface area (Å²) in [5.74, 6) is 3.24. The number of fused-ring (bicyclic) bond motifs is 4. The third-order valence-corrected chi connectivity index (χ3v) is 10.1. The van der Waals surface area contributed by atoms with Crippen LogP contribution in [0.5, 0.6) is 0 Å². The molecule has 4 aliphatic rings. The molecule has 8 atom stereocenters. The molecule has 0 aromatic heterocycles. The summed E-state index contributed by atoms with van der Waals surface area (Å²) in [6.07, 6.45) is 12.8. The van der Waals surface area contributed by atoms with Crippen LogP contribution in [0.15, 0.2) is 11.1 Å². The highest BCUT2D eigenvalue weighted by Crippen LogP contribution is 2.66. The molecule has 2 N–H and O–H groups in total. The molecule has 0 radical (unpaired) electrons. The first-order chi connectivity index (χ1) is 13.7. The summed E-state index contributed by atoms with van der Waals surface area (Å²) in [5, 5.41) is 21.5. The fraction of sp³-hybridized carbons (Fsp3) is 0.926. The van der Waals surface area contributed by atoms with E-state index in [4.69, 9.17) is 0 Å². The number of rotatable bonds is 5. The number of allylic oxidation sites excluding steroid dienone is 1. The molecule has 2 heteroatoms. The third-order valence-electron chi connectivity index (χ3n) is 10.1. The van der Waals surface area contributed by atoms with E-state index in [9.17, 15) is 10.2 Å². The lowest BCUT2D eigenvalue weighted by Crippen LogP contribution is -2.46. The van der Waals surface area contributed by atoms with Crippen molar-refractivity contribution < 1.29 is 10.2 Å². The molecule has 2 saturated carbocycles. The molecular weight excluding hydrogens is 356 g/mol. The van der Waals surface area contributed by atoms with Crippen LogP contribution in [0.1, 0.15) is 105 Å². The second-order valence-electron chi connectivity index (χ2n) is 12.3. The van der Waals surface area contributed by atoms with Crippen molar-refractivity contribution in [2.45, 2.75) is 117 Å². The van der Waals surface area contributed by atoms with E-state index in [0.29, 0.717) is 17.8 Å².